The molecule has 20 heavy (non-hydrogen) atoms. The molecule has 1 aliphatic heterocycles. The van der Waals surface area contributed by atoms with E-state index in [1.165, 1.54) is 0 Å². The average Bonchev–Trinajstić information content (AvgIpc) is 2.91. The minimum Gasteiger partial charge on any atom is -0.399 e. The minimum atomic E-state index is -0.0695. The summed E-state index contributed by atoms with van der Waals surface area (Å²) in [5.74, 6) is 0.504. The zero-order valence-electron chi connectivity index (χ0n) is 12.2. The number of nitrogens with one attached hydrogen (secondary N) is 1. The lowest BCUT2D eigenvalue weighted by Gasteiger charge is -2.18. The first-order chi connectivity index (χ1) is 9.58. The number of hydrogen-bond acceptors (Lipinski definition) is 4. The monoisotopic (exact) mass is 277 g/mol. The molecule has 1 saturated heterocycles. The lowest BCUT2D eigenvalue weighted by atomic mass is 10.1. The van der Waals surface area contributed by atoms with Gasteiger partial charge in [-0.1, -0.05) is 0 Å². The number of rotatable bonds is 5. The number of nitrogens with zero attached hydrogens (tertiary/aromatic N) is 1. The van der Waals surface area contributed by atoms with Crippen molar-refractivity contribution in [3.05, 3.63) is 23.8 Å². The van der Waals surface area contributed by atoms with Gasteiger partial charge in [-0.3, -0.25) is 4.79 Å². The molecular weight excluding hydrogens is 254 g/mol. The summed E-state index contributed by atoms with van der Waals surface area (Å²) in [6.07, 6.45) is 2.06. The Balaban J connectivity index is 1.95. The van der Waals surface area contributed by atoms with E-state index in [0.717, 1.165) is 31.7 Å². The molecule has 0 saturated carbocycles. The van der Waals surface area contributed by atoms with Crippen LogP contribution in [-0.4, -0.2) is 39.8 Å². The first-order valence-electron chi connectivity index (χ1n) is 7.00. The summed E-state index contributed by atoms with van der Waals surface area (Å²) in [7, 11) is 3.83. The van der Waals surface area contributed by atoms with E-state index in [9.17, 15) is 4.79 Å². The molecule has 0 aromatic heterocycles. The fourth-order valence-electron chi connectivity index (χ4n) is 2.42. The number of amides is 1. The van der Waals surface area contributed by atoms with Gasteiger partial charge in [-0.15, -0.1) is 0 Å². The van der Waals surface area contributed by atoms with Crippen molar-refractivity contribution >= 4 is 17.3 Å². The second-order valence-corrected chi connectivity index (χ2v) is 5.45. The van der Waals surface area contributed by atoms with Crippen molar-refractivity contribution in [2.45, 2.75) is 12.8 Å². The second-order valence-electron chi connectivity index (χ2n) is 5.45. The van der Waals surface area contributed by atoms with Crippen molar-refractivity contribution in [2.75, 3.05) is 44.5 Å². The highest BCUT2D eigenvalue weighted by Gasteiger charge is 2.17. The van der Waals surface area contributed by atoms with Crippen molar-refractivity contribution in [3.8, 4) is 0 Å². The van der Waals surface area contributed by atoms with Crippen molar-refractivity contribution in [1.82, 2.24) is 5.32 Å². The first kappa shape index (κ1) is 14.7. The number of anilines is 2. The molecule has 1 aromatic rings. The van der Waals surface area contributed by atoms with Crippen molar-refractivity contribution in [2.24, 2.45) is 5.92 Å². The highest BCUT2D eigenvalue weighted by atomic mass is 16.5. The van der Waals surface area contributed by atoms with Gasteiger partial charge in [0.05, 0.1) is 5.56 Å². The van der Waals surface area contributed by atoms with Crippen molar-refractivity contribution in [3.63, 3.8) is 0 Å². The summed E-state index contributed by atoms with van der Waals surface area (Å²) in [5, 5.41) is 2.97. The van der Waals surface area contributed by atoms with Crippen LogP contribution in [0.3, 0.4) is 0 Å². The van der Waals surface area contributed by atoms with Crippen LogP contribution in [0.5, 0.6) is 0 Å². The van der Waals surface area contributed by atoms with E-state index in [4.69, 9.17) is 10.5 Å². The Hall–Kier alpha value is -1.75. The first-order valence-corrected chi connectivity index (χ1v) is 7.00. The summed E-state index contributed by atoms with van der Waals surface area (Å²) in [5.41, 5.74) is 7.88. The molecule has 0 spiro atoms. The molecule has 1 aliphatic rings. The molecule has 0 bridgehead atoms. The predicted octanol–water partition coefficient (Wildman–Crippen LogP) is 1.49. The number of nitrogen functional groups attached to an aromatic ring is 1. The Morgan fingerprint density at radius 3 is 2.95 bits per heavy atom. The number of benzene rings is 1. The Bertz CT molecular complexity index is 468. The summed E-state index contributed by atoms with van der Waals surface area (Å²) >= 11 is 0. The molecule has 1 fully saturated rings. The SMILES string of the molecule is CN(C)c1ccc(N)cc1C(=O)NCCC1CCOC1. The van der Waals surface area contributed by atoms with E-state index < -0.39 is 0 Å². The third-order valence-corrected chi connectivity index (χ3v) is 3.61. The molecule has 2 rings (SSSR count). The van der Waals surface area contributed by atoms with Gasteiger partial charge in [0.25, 0.3) is 5.91 Å². The Morgan fingerprint density at radius 1 is 1.50 bits per heavy atom. The Labute approximate surface area is 120 Å². The smallest absolute Gasteiger partial charge is 0.253 e. The van der Waals surface area contributed by atoms with Crippen LogP contribution in [0, 0.1) is 5.92 Å². The number of hydrogen-bond donors (Lipinski definition) is 2. The molecule has 1 heterocycles. The zero-order valence-corrected chi connectivity index (χ0v) is 12.2. The molecule has 1 unspecified atom stereocenters. The maximum Gasteiger partial charge on any atom is 0.253 e. The maximum absolute atomic E-state index is 12.3. The van der Waals surface area contributed by atoms with Crippen LogP contribution < -0.4 is 16.0 Å². The van der Waals surface area contributed by atoms with E-state index in [0.29, 0.717) is 23.7 Å². The predicted molar refractivity (Wildman–Crippen MR) is 81.1 cm³/mol. The quantitative estimate of drug-likeness (QED) is 0.800. The second kappa shape index (κ2) is 6.61. The van der Waals surface area contributed by atoms with Gasteiger partial charge in [-0.25, -0.2) is 0 Å². The molecule has 1 aromatic carbocycles. The van der Waals surface area contributed by atoms with Crippen molar-refractivity contribution < 1.29 is 9.53 Å². The van der Waals surface area contributed by atoms with E-state index in [-0.39, 0.29) is 5.91 Å². The van der Waals surface area contributed by atoms with Crippen LogP contribution in [-0.2, 0) is 4.74 Å². The number of carbonyl (C=O) groups excluding carboxylic acids is 1. The molecule has 0 radical (unpaired) electrons. The maximum atomic E-state index is 12.3. The summed E-state index contributed by atoms with van der Waals surface area (Å²) in [4.78, 5) is 14.2. The lowest BCUT2D eigenvalue weighted by Crippen LogP contribution is -2.28. The van der Waals surface area contributed by atoms with E-state index >= 15 is 0 Å². The molecule has 110 valence electrons. The van der Waals surface area contributed by atoms with Gasteiger partial charge in [0.1, 0.15) is 0 Å². The van der Waals surface area contributed by atoms with Crippen LogP contribution in [0.1, 0.15) is 23.2 Å². The van der Waals surface area contributed by atoms with Crippen molar-refractivity contribution in [1.29, 1.82) is 0 Å². The van der Waals surface area contributed by atoms with Gasteiger partial charge in [0, 0.05) is 45.2 Å². The molecule has 3 N–H and O–H groups in total. The fourth-order valence-corrected chi connectivity index (χ4v) is 2.42. The summed E-state index contributed by atoms with van der Waals surface area (Å²) in [6, 6.07) is 5.40. The Morgan fingerprint density at radius 2 is 2.30 bits per heavy atom. The molecule has 5 nitrogen and oxygen atoms in total. The highest BCUT2D eigenvalue weighted by molar-refractivity contribution is 6.00. The normalized spacial score (nSPS) is 18.0. The molecule has 1 atom stereocenters. The average molecular weight is 277 g/mol. The molecule has 5 heteroatoms. The molecule has 1 amide bonds. The third kappa shape index (κ3) is 3.63. The van der Waals surface area contributed by atoms with Crippen LogP contribution in [0.4, 0.5) is 11.4 Å². The van der Waals surface area contributed by atoms with E-state index in [2.05, 4.69) is 5.32 Å². The number of ether oxygens (including phenoxy) is 1. The van der Waals surface area contributed by atoms with Crippen LogP contribution in [0.2, 0.25) is 0 Å². The number of nitrogens with two attached hydrogens (primary N) is 1. The van der Waals surface area contributed by atoms with Crippen LogP contribution in [0.25, 0.3) is 0 Å². The lowest BCUT2D eigenvalue weighted by molar-refractivity contribution is 0.0951. The largest absolute Gasteiger partial charge is 0.399 e. The van der Waals surface area contributed by atoms with Gasteiger partial charge in [0.2, 0.25) is 0 Å². The summed E-state index contributed by atoms with van der Waals surface area (Å²) in [6.45, 7) is 2.34. The zero-order chi connectivity index (χ0) is 14.5. The van der Waals surface area contributed by atoms with Gasteiger partial charge in [0.15, 0.2) is 0 Å². The highest BCUT2D eigenvalue weighted by Crippen LogP contribution is 2.21. The van der Waals surface area contributed by atoms with E-state index in [1.54, 1.807) is 6.07 Å². The molecular formula is C15H23N3O2. The third-order valence-electron chi connectivity index (χ3n) is 3.61. The van der Waals surface area contributed by atoms with Gasteiger partial charge in [-0.2, -0.15) is 0 Å². The van der Waals surface area contributed by atoms with Gasteiger partial charge < -0.3 is 20.7 Å². The summed E-state index contributed by atoms with van der Waals surface area (Å²) < 4.78 is 5.33. The molecule has 0 aliphatic carbocycles. The van der Waals surface area contributed by atoms with Gasteiger partial charge >= 0.3 is 0 Å². The fraction of sp³-hybridized carbons (Fsp3) is 0.533. The van der Waals surface area contributed by atoms with E-state index in [1.807, 2.05) is 31.1 Å². The van der Waals surface area contributed by atoms with Crippen LogP contribution >= 0.6 is 0 Å². The van der Waals surface area contributed by atoms with Crippen LogP contribution in [0.15, 0.2) is 18.2 Å². The number of carbonyl (C=O) groups is 1. The Kier molecular flexibility index (Phi) is 4.84. The van der Waals surface area contributed by atoms with Gasteiger partial charge in [-0.05, 0) is 37.0 Å². The minimum absolute atomic E-state index is 0.0695. The standard InChI is InChI=1S/C15H23N3O2/c1-18(2)14-4-3-12(16)9-13(14)15(19)17-7-5-11-6-8-20-10-11/h3-4,9,11H,5-8,10,16H2,1-2H3,(H,17,19). The topological polar surface area (TPSA) is 67.6 Å².